The van der Waals surface area contributed by atoms with Crippen LogP contribution >= 0.6 is 0 Å². The van der Waals surface area contributed by atoms with E-state index in [4.69, 9.17) is 9.16 Å². The molecule has 0 spiro atoms. The fourth-order valence-corrected chi connectivity index (χ4v) is 9.88. The molecule has 4 aliphatic rings. The van der Waals surface area contributed by atoms with Crippen LogP contribution in [0.1, 0.15) is 78.6 Å². The monoisotopic (exact) mass is 431 g/mol. The van der Waals surface area contributed by atoms with Crippen molar-refractivity contribution >= 4 is 14.3 Å². The van der Waals surface area contributed by atoms with E-state index in [1.807, 2.05) is 0 Å². The third-order valence-electron chi connectivity index (χ3n) is 9.73. The van der Waals surface area contributed by atoms with Crippen LogP contribution in [0.25, 0.3) is 0 Å². The predicted octanol–water partition coefficient (Wildman–Crippen LogP) is 6.07. The SMILES string of the molecule is CC(=O)OC1CC[C@@]2(C)C(CCC3C2CC[C@@]2(C)C3CC[C@@]2(C#N)O[Si](C)(C)C)C1. The molecule has 0 aromatic rings. The quantitative estimate of drug-likeness (QED) is 0.402. The average molecular weight is 432 g/mol. The molecule has 0 N–H and O–H groups in total. The molecular formula is C25H41NO3Si. The number of esters is 1. The van der Waals surface area contributed by atoms with Crippen LogP contribution in [0.3, 0.4) is 0 Å². The summed E-state index contributed by atoms with van der Waals surface area (Å²) in [6.45, 7) is 13.1. The van der Waals surface area contributed by atoms with E-state index in [1.54, 1.807) is 0 Å². The van der Waals surface area contributed by atoms with Gasteiger partial charge in [-0.2, -0.15) is 5.26 Å². The third kappa shape index (κ3) is 3.37. The number of ether oxygens (including phenoxy) is 1. The second-order valence-corrected chi connectivity index (χ2v) is 16.7. The lowest BCUT2D eigenvalue weighted by molar-refractivity contribution is -0.163. The molecule has 0 aromatic carbocycles. The fourth-order valence-electron chi connectivity index (χ4n) is 8.46. The zero-order chi connectivity index (χ0) is 21.9. The Balaban J connectivity index is 1.57. The highest BCUT2D eigenvalue weighted by atomic mass is 28.4. The van der Waals surface area contributed by atoms with Gasteiger partial charge in [0.15, 0.2) is 8.32 Å². The molecule has 5 unspecified atom stereocenters. The predicted molar refractivity (Wildman–Crippen MR) is 120 cm³/mol. The highest BCUT2D eigenvalue weighted by Crippen LogP contribution is 2.69. The van der Waals surface area contributed by atoms with E-state index in [9.17, 15) is 10.1 Å². The summed E-state index contributed by atoms with van der Waals surface area (Å²) in [5.41, 5.74) is -0.238. The van der Waals surface area contributed by atoms with Gasteiger partial charge in [-0.05, 0) is 107 Å². The van der Waals surface area contributed by atoms with E-state index < -0.39 is 13.9 Å². The lowest BCUT2D eigenvalue weighted by Gasteiger charge is -2.61. The average Bonchev–Trinajstić information content (AvgIpc) is 2.93. The summed E-state index contributed by atoms with van der Waals surface area (Å²) >= 11 is 0. The van der Waals surface area contributed by atoms with Crippen molar-refractivity contribution in [2.24, 2.45) is 34.5 Å². The zero-order valence-corrected chi connectivity index (χ0v) is 20.9. The van der Waals surface area contributed by atoms with Gasteiger partial charge in [0.25, 0.3) is 0 Å². The minimum Gasteiger partial charge on any atom is -0.463 e. The van der Waals surface area contributed by atoms with Crippen LogP contribution in [0.15, 0.2) is 0 Å². The third-order valence-corrected chi connectivity index (χ3v) is 10.7. The Morgan fingerprint density at radius 3 is 2.33 bits per heavy atom. The summed E-state index contributed by atoms with van der Waals surface area (Å²) < 4.78 is 12.3. The molecule has 0 saturated heterocycles. The van der Waals surface area contributed by atoms with Gasteiger partial charge in [-0.25, -0.2) is 0 Å². The van der Waals surface area contributed by atoms with Crippen molar-refractivity contribution in [3.05, 3.63) is 0 Å². The van der Waals surface area contributed by atoms with E-state index in [0.717, 1.165) is 43.9 Å². The van der Waals surface area contributed by atoms with Crippen LogP contribution in [0.5, 0.6) is 0 Å². The molecule has 0 radical (unpaired) electrons. The highest BCUT2D eigenvalue weighted by molar-refractivity contribution is 6.69. The van der Waals surface area contributed by atoms with E-state index in [0.29, 0.717) is 17.3 Å². The summed E-state index contributed by atoms with van der Waals surface area (Å²) in [6, 6.07) is 2.72. The van der Waals surface area contributed by atoms with Crippen molar-refractivity contribution in [2.75, 3.05) is 0 Å². The fraction of sp³-hybridized carbons (Fsp3) is 0.920. The second-order valence-electron chi connectivity index (χ2n) is 12.3. The normalized spacial score (nSPS) is 48.1. The Morgan fingerprint density at radius 1 is 1.00 bits per heavy atom. The molecule has 0 bridgehead atoms. The van der Waals surface area contributed by atoms with Gasteiger partial charge in [-0.15, -0.1) is 0 Å². The van der Waals surface area contributed by atoms with Crippen LogP contribution in [0.2, 0.25) is 19.6 Å². The number of rotatable bonds is 3. The number of hydrogen-bond acceptors (Lipinski definition) is 4. The van der Waals surface area contributed by atoms with E-state index in [2.05, 4.69) is 39.6 Å². The maximum absolute atomic E-state index is 11.5. The van der Waals surface area contributed by atoms with Gasteiger partial charge in [0.05, 0.1) is 6.07 Å². The minimum absolute atomic E-state index is 0.0126. The first-order chi connectivity index (χ1) is 13.9. The molecule has 0 heterocycles. The number of fused-ring (bicyclic) bond motifs is 5. The van der Waals surface area contributed by atoms with Gasteiger partial charge < -0.3 is 9.16 Å². The molecular weight excluding hydrogens is 390 g/mol. The molecule has 5 heteroatoms. The van der Waals surface area contributed by atoms with Gasteiger partial charge in [-0.1, -0.05) is 13.8 Å². The highest BCUT2D eigenvalue weighted by Gasteiger charge is 2.66. The molecule has 4 fully saturated rings. The van der Waals surface area contributed by atoms with E-state index >= 15 is 0 Å². The molecule has 4 saturated carbocycles. The molecule has 168 valence electrons. The summed E-state index contributed by atoms with van der Waals surface area (Å²) in [5, 5.41) is 10.3. The summed E-state index contributed by atoms with van der Waals surface area (Å²) in [5.74, 6) is 2.61. The van der Waals surface area contributed by atoms with Crippen LogP contribution in [-0.2, 0) is 14.0 Å². The molecule has 4 nitrogen and oxygen atoms in total. The van der Waals surface area contributed by atoms with Crippen molar-refractivity contribution in [1.29, 1.82) is 5.26 Å². The molecule has 4 aliphatic carbocycles. The molecule has 0 aromatic heterocycles. The number of carbonyl (C=O) groups is 1. The van der Waals surface area contributed by atoms with Crippen LogP contribution in [-0.4, -0.2) is 26.0 Å². The number of nitriles is 1. The van der Waals surface area contributed by atoms with Gasteiger partial charge in [-0.3, -0.25) is 4.79 Å². The van der Waals surface area contributed by atoms with E-state index in [-0.39, 0.29) is 17.5 Å². The topological polar surface area (TPSA) is 59.3 Å². The molecule has 4 rings (SSSR count). The zero-order valence-electron chi connectivity index (χ0n) is 19.9. The number of nitrogens with zero attached hydrogens (tertiary/aromatic N) is 1. The number of hydrogen-bond donors (Lipinski definition) is 0. The molecule has 8 atom stereocenters. The van der Waals surface area contributed by atoms with Crippen molar-refractivity contribution in [2.45, 2.75) is 110 Å². The van der Waals surface area contributed by atoms with Gasteiger partial charge in [0, 0.05) is 12.3 Å². The van der Waals surface area contributed by atoms with Crippen LogP contribution in [0, 0.1) is 45.8 Å². The summed E-state index contributed by atoms with van der Waals surface area (Å²) in [6.07, 6.45) is 10.3. The maximum atomic E-state index is 11.5. The van der Waals surface area contributed by atoms with Crippen LogP contribution < -0.4 is 0 Å². The molecule has 0 aliphatic heterocycles. The Labute approximate surface area is 184 Å². The lowest BCUT2D eigenvalue weighted by atomic mass is 9.44. The first-order valence-electron chi connectivity index (χ1n) is 12.2. The Kier molecular flexibility index (Phi) is 5.46. The Morgan fingerprint density at radius 2 is 1.70 bits per heavy atom. The van der Waals surface area contributed by atoms with Crippen molar-refractivity contribution in [3.63, 3.8) is 0 Å². The Hall–Kier alpha value is -0.863. The smallest absolute Gasteiger partial charge is 0.302 e. The van der Waals surface area contributed by atoms with Gasteiger partial charge >= 0.3 is 5.97 Å². The first-order valence-corrected chi connectivity index (χ1v) is 15.6. The Bertz CT molecular complexity index is 742. The maximum Gasteiger partial charge on any atom is 0.302 e. The first kappa shape index (κ1) is 22.3. The summed E-state index contributed by atoms with van der Waals surface area (Å²) in [7, 11) is -1.81. The largest absolute Gasteiger partial charge is 0.463 e. The number of carbonyl (C=O) groups excluding carboxylic acids is 1. The van der Waals surface area contributed by atoms with Crippen LogP contribution in [0.4, 0.5) is 0 Å². The minimum atomic E-state index is -1.81. The summed E-state index contributed by atoms with van der Waals surface area (Å²) in [4.78, 5) is 11.5. The van der Waals surface area contributed by atoms with Crippen molar-refractivity contribution in [1.82, 2.24) is 0 Å². The second kappa shape index (κ2) is 7.34. The lowest BCUT2D eigenvalue weighted by Crippen LogP contribution is -2.58. The standard InChI is InChI=1S/C25H41NO3Si/c1-17(27)28-19-9-12-23(2)18(15-19)7-8-20-21(23)10-13-24(3)22(20)11-14-25(24,16-26)29-30(4,5)6/h18-22H,7-15H2,1-6H3/t18?,19?,20?,21?,22?,23-,24-,25-/m0/s1. The molecule has 0 amide bonds. The van der Waals surface area contributed by atoms with E-state index in [1.165, 1.54) is 32.6 Å². The van der Waals surface area contributed by atoms with Crippen molar-refractivity contribution in [3.8, 4) is 6.07 Å². The van der Waals surface area contributed by atoms with Gasteiger partial charge in [0.1, 0.15) is 11.7 Å². The molecule has 30 heavy (non-hydrogen) atoms. The van der Waals surface area contributed by atoms with Crippen molar-refractivity contribution < 1.29 is 14.0 Å². The van der Waals surface area contributed by atoms with Gasteiger partial charge in [0.2, 0.25) is 0 Å².